The number of methoxy groups -OCH3 is 1. The zero-order chi connectivity index (χ0) is 19.6. The van der Waals surface area contributed by atoms with Gasteiger partial charge in [0.1, 0.15) is 0 Å². The van der Waals surface area contributed by atoms with Gasteiger partial charge in [0, 0.05) is 18.7 Å². The van der Waals surface area contributed by atoms with Crippen LogP contribution >= 0.6 is 0 Å². The number of aryl methyl sites for hydroxylation is 1. The topological polar surface area (TPSA) is 46.6 Å². The molecule has 148 valence electrons. The smallest absolute Gasteiger partial charge is 0.310 e. The molecule has 1 unspecified atom stereocenters. The number of esters is 1. The number of amides is 1. The van der Waals surface area contributed by atoms with Crippen molar-refractivity contribution in [3.05, 3.63) is 41.5 Å². The van der Waals surface area contributed by atoms with Gasteiger partial charge in [-0.05, 0) is 31.4 Å². The van der Waals surface area contributed by atoms with Crippen LogP contribution in [0.2, 0.25) is 0 Å². The van der Waals surface area contributed by atoms with E-state index in [0.29, 0.717) is 6.54 Å². The third-order valence-electron chi connectivity index (χ3n) is 5.37. The summed E-state index contributed by atoms with van der Waals surface area (Å²) in [7, 11) is 1.40. The van der Waals surface area contributed by atoms with Gasteiger partial charge in [-0.25, -0.2) is 0 Å². The van der Waals surface area contributed by atoms with Crippen molar-refractivity contribution in [2.45, 2.75) is 64.8 Å². The van der Waals surface area contributed by atoms with E-state index in [2.05, 4.69) is 0 Å². The first kappa shape index (κ1) is 21.2. The Morgan fingerprint density at radius 3 is 2.30 bits per heavy atom. The maximum Gasteiger partial charge on any atom is 0.310 e. The lowest BCUT2D eigenvalue weighted by Crippen LogP contribution is -2.43. The van der Waals surface area contributed by atoms with E-state index in [9.17, 15) is 9.59 Å². The van der Waals surface area contributed by atoms with Crippen LogP contribution in [0, 0.1) is 12.8 Å². The van der Waals surface area contributed by atoms with Gasteiger partial charge < -0.3 is 9.64 Å². The average Bonchev–Trinajstić information content (AvgIpc) is 2.65. The maximum atomic E-state index is 13.0. The Labute approximate surface area is 163 Å². The van der Waals surface area contributed by atoms with Crippen LogP contribution in [0.3, 0.4) is 0 Å². The minimum absolute atomic E-state index is 0.0168. The molecule has 1 amide bonds. The van der Waals surface area contributed by atoms with E-state index in [1.165, 1.54) is 31.9 Å². The number of ether oxygens (including phenoxy) is 1. The molecule has 27 heavy (non-hydrogen) atoms. The summed E-state index contributed by atoms with van der Waals surface area (Å²) in [6.45, 7) is 4.29. The van der Waals surface area contributed by atoms with Gasteiger partial charge in [0.05, 0.1) is 13.0 Å². The van der Waals surface area contributed by atoms with Crippen LogP contribution in [0.1, 0.15) is 63.0 Å². The summed E-state index contributed by atoms with van der Waals surface area (Å²) >= 11 is 0. The van der Waals surface area contributed by atoms with Crippen molar-refractivity contribution in [1.29, 1.82) is 0 Å². The molecule has 0 bridgehead atoms. The summed E-state index contributed by atoms with van der Waals surface area (Å²) < 4.78 is 4.87. The predicted octanol–water partition coefficient (Wildman–Crippen LogP) is 4.76. The molecule has 2 rings (SSSR count). The number of rotatable bonds is 6. The fraction of sp³-hybridized carbons (Fsp3) is 0.565. The lowest BCUT2D eigenvalue weighted by molar-refractivity contribution is -0.146. The minimum Gasteiger partial charge on any atom is -0.469 e. The van der Waals surface area contributed by atoms with Gasteiger partial charge in [-0.15, -0.1) is 0 Å². The number of nitrogens with zero attached hydrogens (tertiary/aromatic N) is 1. The molecule has 1 fully saturated rings. The highest BCUT2D eigenvalue weighted by Gasteiger charge is 2.27. The van der Waals surface area contributed by atoms with Gasteiger partial charge >= 0.3 is 5.97 Å². The first-order valence-electron chi connectivity index (χ1n) is 10.1. The molecule has 0 spiro atoms. The number of carbonyl (C=O) groups excluding carboxylic acids is 2. The zero-order valence-electron chi connectivity index (χ0n) is 16.9. The quantitative estimate of drug-likeness (QED) is 0.535. The van der Waals surface area contributed by atoms with Crippen LogP contribution < -0.4 is 0 Å². The predicted molar refractivity (Wildman–Crippen MR) is 109 cm³/mol. The summed E-state index contributed by atoms with van der Waals surface area (Å²) in [4.78, 5) is 26.8. The molecule has 1 saturated carbocycles. The number of carbonyl (C=O) groups is 2. The van der Waals surface area contributed by atoms with Crippen molar-refractivity contribution in [2.24, 2.45) is 5.92 Å². The molecule has 0 aromatic heterocycles. The summed E-state index contributed by atoms with van der Waals surface area (Å²) in [5.74, 6) is -0.602. The Balaban J connectivity index is 2.14. The third kappa shape index (κ3) is 6.85. The molecule has 1 atom stereocenters. The van der Waals surface area contributed by atoms with Gasteiger partial charge in [0.2, 0.25) is 5.91 Å². The van der Waals surface area contributed by atoms with E-state index in [4.69, 9.17) is 4.74 Å². The first-order valence-corrected chi connectivity index (χ1v) is 10.1. The second-order valence-electron chi connectivity index (χ2n) is 7.66. The van der Waals surface area contributed by atoms with Crippen LogP contribution in [-0.2, 0) is 14.3 Å². The molecular weight excluding hydrogens is 338 g/mol. The normalized spacial score (nSPS) is 17.1. The molecule has 1 aromatic carbocycles. The second-order valence-corrected chi connectivity index (χ2v) is 7.66. The van der Waals surface area contributed by atoms with Gasteiger partial charge in [-0.2, -0.15) is 0 Å². The highest BCUT2D eigenvalue weighted by atomic mass is 16.5. The molecule has 0 heterocycles. The Morgan fingerprint density at radius 1 is 1.11 bits per heavy atom. The molecule has 1 aliphatic carbocycles. The van der Waals surface area contributed by atoms with Crippen LogP contribution in [0.15, 0.2) is 30.3 Å². The molecule has 0 aliphatic heterocycles. The molecule has 4 heteroatoms. The summed E-state index contributed by atoms with van der Waals surface area (Å²) in [5, 5.41) is 0. The first-order chi connectivity index (χ1) is 13.0. The lowest BCUT2D eigenvalue weighted by atomic mass is 9.94. The molecule has 1 aliphatic rings. The monoisotopic (exact) mass is 371 g/mol. The van der Waals surface area contributed by atoms with E-state index in [0.717, 1.165) is 31.2 Å². The van der Waals surface area contributed by atoms with Crippen LogP contribution in [0.4, 0.5) is 0 Å². The molecule has 1 aromatic rings. The second kappa shape index (κ2) is 10.9. The average molecular weight is 372 g/mol. The van der Waals surface area contributed by atoms with Gasteiger partial charge in [-0.3, -0.25) is 9.59 Å². The Bertz CT molecular complexity index is 628. The zero-order valence-corrected chi connectivity index (χ0v) is 16.9. The Hall–Kier alpha value is -2.10. The standard InChI is InChI=1S/C23H33NO3/c1-18-11-13-20(14-12-18)15-16-22(25)24(17-19(2)23(26)27-3)21-9-7-5-4-6-8-10-21/h11-16,19,21H,4-10,17H2,1-3H3/b16-15+. The maximum absolute atomic E-state index is 13.0. The fourth-order valence-electron chi connectivity index (χ4n) is 3.68. The van der Waals surface area contributed by atoms with Crippen molar-refractivity contribution < 1.29 is 14.3 Å². The third-order valence-corrected chi connectivity index (χ3v) is 5.37. The van der Waals surface area contributed by atoms with E-state index in [1.807, 2.05) is 49.1 Å². The van der Waals surface area contributed by atoms with E-state index >= 15 is 0 Å². The molecule has 0 saturated heterocycles. The van der Waals surface area contributed by atoms with Gasteiger partial charge in [-0.1, -0.05) is 68.9 Å². The Kier molecular flexibility index (Phi) is 8.56. The van der Waals surface area contributed by atoms with E-state index in [-0.39, 0.29) is 23.8 Å². The molecule has 0 N–H and O–H groups in total. The fourth-order valence-corrected chi connectivity index (χ4v) is 3.68. The molecular formula is C23H33NO3. The molecule has 4 nitrogen and oxygen atoms in total. The van der Waals surface area contributed by atoms with Crippen molar-refractivity contribution in [3.63, 3.8) is 0 Å². The minimum atomic E-state index is -0.322. The van der Waals surface area contributed by atoms with Crippen molar-refractivity contribution in [1.82, 2.24) is 4.90 Å². The van der Waals surface area contributed by atoms with Crippen molar-refractivity contribution >= 4 is 18.0 Å². The van der Waals surface area contributed by atoms with Crippen molar-refractivity contribution in [2.75, 3.05) is 13.7 Å². The summed E-state index contributed by atoms with van der Waals surface area (Å²) in [5.41, 5.74) is 2.20. The van der Waals surface area contributed by atoms with Gasteiger partial charge in [0.25, 0.3) is 0 Å². The van der Waals surface area contributed by atoms with Crippen LogP contribution in [-0.4, -0.2) is 36.5 Å². The van der Waals surface area contributed by atoms with Crippen LogP contribution in [0.5, 0.6) is 0 Å². The largest absolute Gasteiger partial charge is 0.469 e. The lowest BCUT2D eigenvalue weighted by Gasteiger charge is -2.34. The van der Waals surface area contributed by atoms with E-state index < -0.39 is 0 Å². The molecule has 0 radical (unpaired) electrons. The Morgan fingerprint density at radius 2 is 1.70 bits per heavy atom. The van der Waals surface area contributed by atoms with Crippen LogP contribution in [0.25, 0.3) is 6.08 Å². The highest BCUT2D eigenvalue weighted by Crippen LogP contribution is 2.23. The van der Waals surface area contributed by atoms with E-state index in [1.54, 1.807) is 6.08 Å². The van der Waals surface area contributed by atoms with Gasteiger partial charge in [0.15, 0.2) is 0 Å². The SMILES string of the molecule is COC(=O)C(C)CN(C(=O)/C=C/c1ccc(C)cc1)C1CCCCCCC1. The summed E-state index contributed by atoms with van der Waals surface area (Å²) in [6.07, 6.45) is 11.6. The highest BCUT2D eigenvalue weighted by molar-refractivity contribution is 5.92. The number of benzene rings is 1. The summed E-state index contributed by atoms with van der Waals surface area (Å²) in [6, 6.07) is 8.30. The number of hydrogen-bond acceptors (Lipinski definition) is 3. The van der Waals surface area contributed by atoms with Crippen molar-refractivity contribution in [3.8, 4) is 0 Å². The number of hydrogen-bond donors (Lipinski definition) is 0.